The lowest BCUT2D eigenvalue weighted by Crippen LogP contribution is -2.27. The van der Waals surface area contributed by atoms with Crippen molar-refractivity contribution in [3.05, 3.63) is 64.4 Å². The Morgan fingerprint density at radius 3 is 2.53 bits per heavy atom. The van der Waals surface area contributed by atoms with Crippen molar-refractivity contribution in [3.8, 4) is 6.07 Å². The predicted octanol–water partition coefficient (Wildman–Crippen LogP) is 4.43. The standard InChI is InChI=1S/C23H24N4O2S/c1-15(2)12-13-27-22(29)19-6-4-5-7-20(19)26-23(27)30-16(3)21(28)25-18-10-8-17(14-24)9-11-18/h4-11,15-16H,12-13H2,1-3H3,(H,25,28)/t16-/m1/s1. The molecule has 0 saturated carbocycles. The summed E-state index contributed by atoms with van der Waals surface area (Å²) in [4.78, 5) is 30.4. The zero-order valence-corrected chi connectivity index (χ0v) is 18.1. The fraction of sp³-hybridized carbons (Fsp3) is 0.304. The summed E-state index contributed by atoms with van der Waals surface area (Å²) in [7, 11) is 0. The number of hydrogen-bond donors (Lipinski definition) is 1. The topological polar surface area (TPSA) is 87.8 Å². The van der Waals surface area contributed by atoms with Crippen molar-refractivity contribution in [2.45, 2.75) is 44.1 Å². The van der Waals surface area contributed by atoms with Crippen LogP contribution < -0.4 is 10.9 Å². The molecule has 3 rings (SSSR count). The van der Waals surface area contributed by atoms with Crippen molar-refractivity contribution in [1.29, 1.82) is 5.26 Å². The quantitative estimate of drug-likeness (QED) is 0.451. The molecule has 1 amide bonds. The summed E-state index contributed by atoms with van der Waals surface area (Å²) in [5, 5.41) is 12.4. The lowest BCUT2D eigenvalue weighted by atomic mass is 10.1. The van der Waals surface area contributed by atoms with E-state index in [0.29, 0.717) is 39.8 Å². The molecule has 154 valence electrons. The molecule has 1 heterocycles. The molecule has 0 spiro atoms. The summed E-state index contributed by atoms with van der Waals surface area (Å²) in [6.07, 6.45) is 0.847. The van der Waals surface area contributed by atoms with Crippen LogP contribution in [0.2, 0.25) is 0 Å². The van der Waals surface area contributed by atoms with Crippen LogP contribution in [0.1, 0.15) is 32.8 Å². The number of hydrogen-bond acceptors (Lipinski definition) is 5. The van der Waals surface area contributed by atoms with Gasteiger partial charge in [0.25, 0.3) is 5.56 Å². The third-order valence-corrected chi connectivity index (χ3v) is 5.78. The number of nitrogens with one attached hydrogen (secondary N) is 1. The molecule has 1 aromatic heterocycles. The van der Waals surface area contributed by atoms with Gasteiger partial charge in [-0.2, -0.15) is 5.26 Å². The highest BCUT2D eigenvalue weighted by molar-refractivity contribution is 8.00. The molecule has 1 N–H and O–H groups in total. The van der Waals surface area contributed by atoms with Gasteiger partial charge in [0.05, 0.1) is 27.8 Å². The molecule has 0 aliphatic heterocycles. The van der Waals surface area contributed by atoms with Crippen molar-refractivity contribution >= 4 is 34.3 Å². The van der Waals surface area contributed by atoms with E-state index in [4.69, 9.17) is 5.26 Å². The van der Waals surface area contributed by atoms with Crippen molar-refractivity contribution in [3.63, 3.8) is 0 Å². The fourth-order valence-corrected chi connectivity index (χ4v) is 3.84. The first-order valence-corrected chi connectivity index (χ1v) is 10.7. The molecule has 0 bridgehead atoms. The maximum atomic E-state index is 13.0. The summed E-state index contributed by atoms with van der Waals surface area (Å²) < 4.78 is 1.68. The largest absolute Gasteiger partial charge is 0.325 e. The Bertz CT molecular complexity index is 1150. The molecule has 0 unspecified atom stereocenters. The van der Waals surface area contributed by atoms with Gasteiger partial charge < -0.3 is 5.32 Å². The average Bonchev–Trinajstić information content (AvgIpc) is 2.73. The normalized spacial score (nSPS) is 12.0. The minimum atomic E-state index is -0.459. The molecule has 2 aromatic carbocycles. The molecule has 3 aromatic rings. The Morgan fingerprint density at radius 1 is 1.17 bits per heavy atom. The summed E-state index contributed by atoms with van der Waals surface area (Å²) in [5.74, 6) is 0.251. The maximum absolute atomic E-state index is 13.0. The molecule has 0 fully saturated rings. The van der Waals surface area contributed by atoms with Crippen LogP contribution in [0.5, 0.6) is 0 Å². The van der Waals surface area contributed by atoms with Crippen LogP contribution in [0.25, 0.3) is 10.9 Å². The van der Waals surface area contributed by atoms with Gasteiger partial charge in [-0.05, 0) is 55.7 Å². The molecule has 1 atom stereocenters. The van der Waals surface area contributed by atoms with Crippen molar-refractivity contribution in [2.75, 3.05) is 5.32 Å². The number of carbonyl (C=O) groups is 1. The highest BCUT2D eigenvalue weighted by Crippen LogP contribution is 2.24. The Kier molecular flexibility index (Phi) is 6.91. The van der Waals surface area contributed by atoms with Gasteiger partial charge in [0.1, 0.15) is 0 Å². The van der Waals surface area contributed by atoms with Crippen LogP contribution >= 0.6 is 11.8 Å². The van der Waals surface area contributed by atoms with E-state index in [0.717, 1.165) is 6.42 Å². The fourth-order valence-electron chi connectivity index (χ4n) is 2.91. The van der Waals surface area contributed by atoms with Crippen molar-refractivity contribution in [1.82, 2.24) is 9.55 Å². The van der Waals surface area contributed by atoms with Crippen LogP contribution in [-0.4, -0.2) is 20.7 Å². The van der Waals surface area contributed by atoms with Gasteiger partial charge in [-0.25, -0.2) is 4.98 Å². The second-order valence-electron chi connectivity index (χ2n) is 7.49. The number of carbonyl (C=O) groups excluding carboxylic acids is 1. The monoisotopic (exact) mass is 420 g/mol. The molecular formula is C23H24N4O2S. The van der Waals surface area contributed by atoms with E-state index in [2.05, 4.69) is 30.2 Å². The second-order valence-corrected chi connectivity index (χ2v) is 8.80. The third-order valence-electron chi connectivity index (χ3n) is 4.69. The molecule has 0 aliphatic carbocycles. The molecule has 6 nitrogen and oxygen atoms in total. The zero-order chi connectivity index (χ0) is 21.7. The van der Waals surface area contributed by atoms with Crippen LogP contribution in [0, 0.1) is 17.2 Å². The Labute approximate surface area is 179 Å². The van der Waals surface area contributed by atoms with E-state index >= 15 is 0 Å². The van der Waals surface area contributed by atoms with Crippen LogP contribution in [-0.2, 0) is 11.3 Å². The number of thioether (sulfide) groups is 1. The van der Waals surface area contributed by atoms with E-state index in [1.54, 1.807) is 41.8 Å². The minimum absolute atomic E-state index is 0.0801. The highest BCUT2D eigenvalue weighted by Gasteiger charge is 2.20. The highest BCUT2D eigenvalue weighted by atomic mass is 32.2. The number of benzene rings is 2. The number of anilines is 1. The number of nitriles is 1. The molecule has 0 radical (unpaired) electrons. The number of para-hydroxylation sites is 1. The Morgan fingerprint density at radius 2 is 1.87 bits per heavy atom. The first kappa shape index (κ1) is 21.6. The SMILES string of the molecule is CC(C)CCn1c(S[C@H](C)C(=O)Nc2ccc(C#N)cc2)nc2ccccc2c1=O. The van der Waals surface area contributed by atoms with Crippen molar-refractivity contribution < 1.29 is 4.79 Å². The summed E-state index contributed by atoms with van der Waals surface area (Å²) in [6, 6.07) is 16.0. The first-order chi connectivity index (χ1) is 14.4. The average molecular weight is 421 g/mol. The summed E-state index contributed by atoms with van der Waals surface area (Å²) >= 11 is 1.27. The lowest BCUT2D eigenvalue weighted by molar-refractivity contribution is -0.115. The minimum Gasteiger partial charge on any atom is -0.325 e. The van der Waals surface area contributed by atoms with Gasteiger partial charge in [0.2, 0.25) is 5.91 Å². The van der Waals surface area contributed by atoms with E-state index in [-0.39, 0.29) is 11.5 Å². The number of fused-ring (bicyclic) bond motifs is 1. The summed E-state index contributed by atoms with van der Waals surface area (Å²) in [5.41, 5.74) is 1.70. The third kappa shape index (κ3) is 5.08. The van der Waals surface area contributed by atoms with E-state index in [9.17, 15) is 9.59 Å². The molecule has 30 heavy (non-hydrogen) atoms. The Hall–Kier alpha value is -3.11. The first-order valence-electron chi connectivity index (χ1n) is 9.86. The van der Waals surface area contributed by atoms with Gasteiger partial charge in [-0.15, -0.1) is 0 Å². The van der Waals surface area contributed by atoms with Gasteiger partial charge in [-0.1, -0.05) is 37.7 Å². The lowest BCUT2D eigenvalue weighted by Gasteiger charge is -2.17. The predicted molar refractivity (Wildman–Crippen MR) is 121 cm³/mol. The van der Waals surface area contributed by atoms with Gasteiger partial charge >= 0.3 is 0 Å². The second kappa shape index (κ2) is 9.59. The number of aromatic nitrogens is 2. The smallest absolute Gasteiger partial charge is 0.262 e. The van der Waals surface area contributed by atoms with E-state index in [1.807, 2.05) is 18.2 Å². The molecule has 7 heteroatoms. The molecular weight excluding hydrogens is 396 g/mol. The van der Waals surface area contributed by atoms with Gasteiger partial charge in [0, 0.05) is 12.2 Å². The Balaban J connectivity index is 1.85. The number of rotatable bonds is 7. The molecule has 0 saturated heterocycles. The van der Waals surface area contributed by atoms with Crippen LogP contribution in [0.4, 0.5) is 5.69 Å². The van der Waals surface area contributed by atoms with Crippen molar-refractivity contribution in [2.24, 2.45) is 5.92 Å². The van der Waals surface area contributed by atoms with Crippen LogP contribution in [0.3, 0.4) is 0 Å². The number of amides is 1. The van der Waals surface area contributed by atoms with E-state index in [1.165, 1.54) is 11.8 Å². The zero-order valence-electron chi connectivity index (χ0n) is 17.3. The van der Waals surface area contributed by atoms with Gasteiger partial charge in [0.15, 0.2) is 5.16 Å². The van der Waals surface area contributed by atoms with E-state index < -0.39 is 5.25 Å². The maximum Gasteiger partial charge on any atom is 0.262 e. The number of nitrogens with zero attached hydrogens (tertiary/aromatic N) is 3. The van der Waals surface area contributed by atoms with Gasteiger partial charge in [-0.3, -0.25) is 14.2 Å². The van der Waals surface area contributed by atoms with Crippen LogP contribution in [0.15, 0.2) is 58.5 Å². The summed E-state index contributed by atoms with van der Waals surface area (Å²) in [6.45, 7) is 6.57. The molecule has 0 aliphatic rings.